The number of rotatable bonds is 6. The summed E-state index contributed by atoms with van der Waals surface area (Å²) >= 11 is 0. The van der Waals surface area contributed by atoms with Gasteiger partial charge in [0.05, 0.1) is 18.8 Å². The monoisotopic (exact) mass is 318 g/mol. The van der Waals surface area contributed by atoms with Crippen molar-refractivity contribution < 1.29 is 19.1 Å². The van der Waals surface area contributed by atoms with Gasteiger partial charge in [0.15, 0.2) is 0 Å². The predicted molar refractivity (Wildman–Crippen MR) is 87.6 cm³/mol. The first-order chi connectivity index (χ1) is 10.9. The molecule has 1 unspecified atom stereocenters. The molecule has 6 heteroatoms. The molecule has 0 saturated carbocycles. The highest BCUT2D eigenvalue weighted by atomic mass is 16.5. The molecule has 0 spiro atoms. The molecule has 0 radical (unpaired) electrons. The largest absolute Gasteiger partial charge is 0.492 e. The second-order valence-electron chi connectivity index (χ2n) is 5.42. The van der Waals surface area contributed by atoms with Crippen molar-refractivity contribution in [3.05, 3.63) is 47.9 Å². The molecule has 6 nitrogen and oxygen atoms in total. The van der Waals surface area contributed by atoms with E-state index in [1.165, 1.54) is 0 Å². The summed E-state index contributed by atoms with van der Waals surface area (Å²) in [6.45, 7) is 5.78. The predicted octanol–water partition coefficient (Wildman–Crippen LogP) is 3.02. The molecule has 1 aromatic carbocycles. The minimum atomic E-state index is -1.29. The van der Waals surface area contributed by atoms with Gasteiger partial charge in [-0.1, -0.05) is 12.1 Å². The van der Waals surface area contributed by atoms with E-state index in [0.29, 0.717) is 29.6 Å². The SMILES string of the molecule is CCOc1ccccc1NC(=O)NCC(C)(O)c1ccc(C)o1. The molecule has 23 heavy (non-hydrogen) atoms. The molecule has 0 aliphatic heterocycles. The van der Waals surface area contributed by atoms with E-state index in [-0.39, 0.29) is 6.54 Å². The number of urea groups is 1. The summed E-state index contributed by atoms with van der Waals surface area (Å²) in [5.74, 6) is 1.71. The maximum atomic E-state index is 12.0. The van der Waals surface area contributed by atoms with Crippen LogP contribution in [0.25, 0.3) is 0 Å². The maximum absolute atomic E-state index is 12.0. The molecular formula is C17H22N2O4. The van der Waals surface area contributed by atoms with Crippen LogP contribution in [0.3, 0.4) is 0 Å². The van der Waals surface area contributed by atoms with Crippen molar-refractivity contribution in [2.75, 3.05) is 18.5 Å². The number of aryl methyl sites for hydroxylation is 1. The van der Waals surface area contributed by atoms with E-state index >= 15 is 0 Å². The number of anilines is 1. The van der Waals surface area contributed by atoms with Gasteiger partial charge in [-0.2, -0.15) is 0 Å². The number of amides is 2. The molecule has 1 heterocycles. The Bertz CT molecular complexity index is 664. The van der Waals surface area contributed by atoms with Gasteiger partial charge in [0.2, 0.25) is 0 Å². The van der Waals surface area contributed by atoms with Gasteiger partial charge in [0.25, 0.3) is 0 Å². The van der Waals surface area contributed by atoms with Gasteiger partial charge < -0.3 is 24.9 Å². The van der Waals surface area contributed by atoms with Crippen molar-refractivity contribution in [2.24, 2.45) is 0 Å². The first kappa shape index (κ1) is 16.9. The first-order valence-electron chi connectivity index (χ1n) is 7.48. The molecule has 2 amide bonds. The molecule has 1 atom stereocenters. The number of aliphatic hydroxyl groups is 1. The van der Waals surface area contributed by atoms with Crippen molar-refractivity contribution >= 4 is 11.7 Å². The Balaban J connectivity index is 1.95. The smallest absolute Gasteiger partial charge is 0.319 e. The number of carbonyl (C=O) groups is 1. The average molecular weight is 318 g/mol. The van der Waals surface area contributed by atoms with E-state index in [2.05, 4.69) is 10.6 Å². The van der Waals surface area contributed by atoms with Crippen LogP contribution in [-0.4, -0.2) is 24.3 Å². The molecule has 0 aliphatic carbocycles. The molecule has 0 fully saturated rings. The number of hydrogen-bond donors (Lipinski definition) is 3. The Morgan fingerprint density at radius 2 is 2.04 bits per heavy atom. The summed E-state index contributed by atoms with van der Waals surface area (Å²) < 4.78 is 10.9. The van der Waals surface area contributed by atoms with Crippen molar-refractivity contribution in [3.63, 3.8) is 0 Å². The number of hydrogen-bond acceptors (Lipinski definition) is 4. The summed E-state index contributed by atoms with van der Waals surface area (Å²) in [5, 5.41) is 15.7. The topological polar surface area (TPSA) is 83.7 Å². The van der Waals surface area contributed by atoms with Crippen molar-refractivity contribution in [1.29, 1.82) is 0 Å². The number of furan rings is 1. The summed E-state index contributed by atoms with van der Waals surface area (Å²) in [5.41, 5.74) is -0.717. The lowest BCUT2D eigenvalue weighted by Crippen LogP contribution is -2.40. The first-order valence-corrected chi connectivity index (χ1v) is 7.48. The maximum Gasteiger partial charge on any atom is 0.319 e. The number of nitrogens with one attached hydrogen (secondary N) is 2. The third-order valence-corrected chi connectivity index (χ3v) is 3.30. The third-order valence-electron chi connectivity index (χ3n) is 3.30. The molecule has 0 aliphatic rings. The third kappa shape index (κ3) is 4.50. The van der Waals surface area contributed by atoms with E-state index in [4.69, 9.17) is 9.15 Å². The Morgan fingerprint density at radius 3 is 2.70 bits per heavy atom. The molecule has 0 saturated heterocycles. The highest BCUT2D eigenvalue weighted by Gasteiger charge is 2.27. The van der Waals surface area contributed by atoms with Crippen LogP contribution in [0.1, 0.15) is 25.4 Å². The lowest BCUT2D eigenvalue weighted by Gasteiger charge is -2.21. The van der Waals surface area contributed by atoms with Crippen LogP contribution < -0.4 is 15.4 Å². The molecule has 1 aromatic heterocycles. The van der Waals surface area contributed by atoms with Crippen LogP contribution in [0.5, 0.6) is 5.75 Å². The minimum absolute atomic E-state index is 0.0165. The zero-order chi connectivity index (χ0) is 16.9. The summed E-state index contributed by atoms with van der Waals surface area (Å²) in [4.78, 5) is 12.0. The van der Waals surface area contributed by atoms with Gasteiger partial charge >= 0.3 is 6.03 Å². The molecule has 2 aromatic rings. The highest BCUT2D eigenvalue weighted by Crippen LogP contribution is 2.24. The van der Waals surface area contributed by atoms with Crippen LogP contribution >= 0.6 is 0 Å². The number of benzene rings is 1. The number of para-hydroxylation sites is 2. The lowest BCUT2D eigenvalue weighted by atomic mass is 10.0. The summed E-state index contributed by atoms with van der Waals surface area (Å²) in [6.07, 6.45) is 0. The Morgan fingerprint density at radius 1 is 1.30 bits per heavy atom. The summed E-state index contributed by atoms with van der Waals surface area (Å²) in [7, 11) is 0. The second kappa shape index (κ2) is 7.19. The van der Waals surface area contributed by atoms with Gasteiger partial charge in [-0.25, -0.2) is 4.79 Å². The van der Waals surface area contributed by atoms with Crippen molar-refractivity contribution in [1.82, 2.24) is 5.32 Å². The number of carbonyl (C=O) groups excluding carboxylic acids is 1. The van der Waals surface area contributed by atoms with Crippen molar-refractivity contribution in [2.45, 2.75) is 26.4 Å². The second-order valence-corrected chi connectivity index (χ2v) is 5.42. The highest BCUT2D eigenvalue weighted by molar-refractivity contribution is 5.90. The molecule has 3 N–H and O–H groups in total. The van der Waals surface area contributed by atoms with Crippen LogP contribution in [0.15, 0.2) is 40.8 Å². The van der Waals surface area contributed by atoms with E-state index in [9.17, 15) is 9.90 Å². The normalized spacial score (nSPS) is 13.2. The van der Waals surface area contributed by atoms with E-state index in [0.717, 1.165) is 0 Å². The zero-order valence-electron chi connectivity index (χ0n) is 13.6. The molecule has 2 rings (SSSR count). The van der Waals surface area contributed by atoms with Crippen molar-refractivity contribution in [3.8, 4) is 5.75 Å². The Kier molecular flexibility index (Phi) is 5.28. The summed E-state index contributed by atoms with van der Waals surface area (Å²) in [6, 6.07) is 10.2. The lowest BCUT2D eigenvalue weighted by molar-refractivity contribution is 0.0364. The molecular weight excluding hydrogens is 296 g/mol. The fraction of sp³-hybridized carbons (Fsp3) is 0.353. The van der Waals surface area contributed by atoms with Crippen LogP contribution in [0.2, 0.25) is 0 Å². The molecule has 124 valence electrons. The van der Waals surface area contributed by atoms with Gasteiger partial charge in [-0.05, 0) is 45.0 Å². The number of ether oxygens (including phenoxy) is 1. The Hall–Kier alpha value is -2.47. The van der Waals surface area contributed by atoms with Crippen LogP contribution in [-0.2, 0) is 5.60 Å². The van der Waals surface area contributed by atoms with E-state index in [1.54, 1.807) is 44.2 Å². The fourth-order valence-corrected chi connectivity index (χ4v) is 2.08. The van der Waals surface area contributed by atoms with Gasteiger partial charge in [-0.3, -0.25) is 0 Å². The van der Waals surface area contributed by atoms with Crippen LogP contribution in [0, 0.1) is 6.92 Å². The average Bonchev–Trinajstić information content (AvgIpc) is 2.95. The van der Waals surface area contributed by atoms with Gasteiger partial charge in [0, 0.05) is 0 Å². The van der Waals surface area contributed by atoms with Gasteiger partial charge in [0.1, 0.15) is 22.9 Å². The quantitative estimate of drug-likeness (QED) is 0.764. The van der Waals surface area contributed by atoms with E-state index in [1.807, 2.05) is 13.0 Å². The Labute approximate surface area is 135 Å². The van der Waals surface area contributed by atoms with Crippen LogP contribution in [0.4, 0.5) is 10.5 Å². The molecule has 0 bridgehead atoms. The minimum Gasteiger partial charge on any atom is -0.492 e. The zero-order valence-corrected chi connectivity index (χ0v) is 13.6. The van der Waals surface area contributed by atoms with Gasteiger partial charge in [-0.15, -0.1) is 0 Å². The fourth-order valence-electron chi connectivity index (χ4n) is 2.08. The standard InChI is InChI=1S/C17H22N2O4/c1-4-22-14-8-6-5-7-13(14)19-16(20)18-11-17(3,21)15-10-9-12(2)23-15/h5-10,21H,4,11H2,1-3H3,(H2,18,19,20). The van der Waals surface area contributed by atoms with E-state index < -0.39 is 11.6 Å².